The first-order chi connectivity index (χ1) is 28.1. The monoisotopic (exact) mass is 1120 g/mol. The number of nitrogens with zero attached hydrogens (tertiary/aromatic N) is 2. The fourth-order valence-corrected chi connectivity index (χ4v) is 19.6. The van der Waals surface area contributed by atoms with Crippen molar-refractivity contribution in [1.82, 2.24) is 9.80 Å². The van der Waals surface area contributed by atoms with E-state index in [1.165, 1.54) is 0 Å². The highest BCUT2D eigenvalue weighted by atomic mass is 35.5. The Morgan fingerprint density at radius 1 is 0.400 bits per heavy atom. The average molecular weight is 1120 g/mol. The van der Waals surface area contributed by atoms with Crippen molar-refractivity contribution >= 4 is 208 Å². The fraction of sp³-hybridized carbons (Fsp3) is 0.368. The van der Waals surface area contributed by atoms with E-state index in [2.05, 4.69) is 24.3 Å². The lowest BCUT2D eigenvalue weighted by atomic mass is 9.84. The molecular formula is C38H20Cl12N2O4S4. The Balaban J connectivity index is 0.777. The van der Waals surface area contributed by atoms with Crippen LogP contribution in [0.5, 0.6) is 0 Å². The van der Waals surface area contributed by atoms with Gasteiger partial charge in [0.05, 0.1) is 43.8 Å². The molecule has 22 heteroatoms. The van der Waals surface area contributed by atoms with Crippen LogP contribution in [0.2, 0.25) is 0 Å². The summed E-state index contributed by atoms with van der Waals surface area (Å²) in [5, 5.41) is -0.460. The predicted molar refractivity (Wildman–Crippen MR) is 250 cm³/mol. The molecule has 2 saturated carbocycles. The van der Waals surface area contributed by atoms with E-state index in [1.54, 1.807) is 45.3 Å². The van der Waals surface area contributed by atoms with Crippen LogP contribution in [-0.4, -0.2) is 74.7 Å². The number of carbonyl (C=O) groups excluding carboxylic acids is 4. The molecule has 4 fully saturated rings. The summed E-state index contributed by atoms with van der Waals surface area (Å²) in [5.41, 5.74) is 0. The fourth-order valence-electron chi connectivity index (χ4n) is 9.48. The van der Waals surface area contributed by atoms with Crippen LogP contribution < -0.4 is 0 Å². The molecule has 314 valence electrons. The smallest absolute Gasteiger partial charge is 0.235 e. The van der Waals surface area contributed by atoms with Gasteiger partial charge in [-0.15, -0.1) is 91.8 Å². The number of carbonyl (C=O) groups is 4. The van der Waals surface area contributed by atoms with E-state index in [0.29, 0.717) is 12.8 Å². The third kappa shape index (κ3) is 5.23. The first-order valence-electron chi connectivity index (χ1n) is 17.8. The van der Waals surface area contributed by atoms with Gasteiger partial charge in [-0.25, -0.2) is 0 Å². The molecule has 8 atom stereocenters. The third-order valence-electron chi connectivity index (χ3n) is 12.4. The number of fused-ring (bicyclic) bond motifs is 10. The minimum absolute atomic E-state index is 0.111. The molecule has 2 saturated heterocycles. The van der Waals surface area contributed by atoms with Crippen molar-refractivity contribution in [3.8, 4) is 29.3 Å². The van der Waals surface area contributed by atoms with E-state index in [9.17, 15) is 19.2 Å². The van der Waals surface area contributed by atoms with Gasteiger partial charge in [0.2, 0.25) is 23.6 Å². The van der Waals surface area contributed by atoms with E-state index < -0.39 is 75.5 Å². The van der Waals surface area contributed by atoms with Crippen LogP contribution in [0.3, 0.4) is 0 Å². The Morgan fingerprint density at radius 2 is 0.633 bits per heavy atom. The van der Waals surface area contributed by atoms with Gasteiger partial charge in [-0.2, -0.15) is 0 Å². The first-order valence-corrected chi connectivity index (χ1v) is 25.6. The molecule has 6 aliphatic rings. The molecule has 10 rings (SSSR count). The Hall–Kier alpha value is 0.0400. The van der Waals surface area contributed by atoms with Crippen molar-refractivity contribution in [2.45, 2.75) is 41.0 Å². The number of halogens is 12. The molecule has 0 spiro atoms. The van der Waals surface area contributed by atoms with Crippen molar-refractivity contribution in [2.24, 2.45) is 23.7 Å². The van der Waals surface area contributed by atoms with E-state index in [0.717, 1.165) is 48.8 Å². The van der Waals surface area contributed by atoms with Crippen molar-refractivity contribution in [3.63, 3.8) is 0 Å². The standard InChI is InChI=1S/C38H20Cl12N2O4S4/c39-25-26(40)34(44)22-21(33(25,43)37(34,47)48)29(53)51(30(22)54)11-9-13-1-3-15(57-13)17-5-7-19(59-17)20-8-6-18(60-20)16-4-2-14(58-16)10-12-52-31(55)23-24(32(52)56)36(46)28(42)27(41)35(23,45)38(36,49)50/h1-8,21-24H,9-12H2/t21-,22?,23-,24?,33+,34-,35+,36-/m1/s1. The van der Waals surface area contributed by atoms with Gasteiger partial charge in [0.15, 0.2) is 8.67 Å². The van der Waals surface area contributed by atoms with Gasteiger partial charge >= 0.3 is 0 Å². The Labute approximate surface area is 418 Å². The second-order valence-corrected chi connectivity index (χ2v) is 26.2. The summed E-state index contributed by atoms with van der Waals surface area (Å²) in [4.78, 5) is 57.9. The normalized spacial score (nSPS) is 34.7. The van der Waals surface area contributed by atoms with E-state index in [1.807, 2.05) is 24.3 Å². The molecular weight excluding hydrogens is 1100 g/mol. The van der Waals surface area contributed by atoms with Crippen LogP contribution in [0.15, 0.2) is 68.7 Å². The van der Waals surface area contributed by atoms with Crippen molar-refractivity contribution in [1.29, 1.82) is 0 Å². The maximum Gasteiger partial charge on any atom is 0.235 e. The number of alkyl halides is 8. The molecule has 2 unspecified atom stereocenters. The number of allylic oxidation sites excluding steroid dienone is 4. The van der Waals surface area contributed by atoms with Gasteiger partial charge in [0.25, 0.3) is 0 Å². The maximum atomic E-state index is 13.6. The summed E-state index contributed by atoms with van der Waals surface area (Å²) < 4.78 is -3.93. The number of hydrogen-bond acceptors (Lipinski definition) is 8. The predicted octanol–water partition coefficient (Wildman–Crippen LogP) is 12.9. The van der Waals surface area contributed by atoms with Crippen molar-refractivity contribution < 1.29 is 19.2 Å². The van der Waals surface area contributed by atoms with Crippen molar-refractivity contribution in [2.75, 3.05) is 13.1 Å². The Kier molecular flexibility index (Phi) is 10.4. The molecule has 6 heterocycles. The number of hydrogen-bond donors (Lipinski definition) is 0. The maximum absolute atomic E-state index is 13.6. The summed E-state index contributed by atoms with van der Waals surface area (Å²) in [5.74, 6) is -6.72. The molecule has 0 aromatic carbocycles. The van der Waals surface area contributed by atoms with Gasteiger partial charge in [-0.05, 0) is 61.4 Å². The SMILES string of the molecule is O=C1C2[C@H](C(=O)N1CCc1ccc(-c3ccc(-c4ccc(-c5ccc(CCN6C(=O)C7[C@H](C6=O)[C@]6(Cl)C(Cl)=C(Cl)[C@@]7(Cl)C6(Cl)Cl)s5)s4)s3)s1)[C@]1(Cl)C(Cl)=C(Cl)[C@@]2(Cl)C1(Cl)Cl. The molecule has 4 aliphatic carbocycles. The molecule has 0 radical (unpaired) electrons. The number of amides is 4. The highest BCUT2D eigenvalue weighted by Crippen LogP contribution is 2.79. The molecule has 60 heavy (non-hydrogen) atoms. The molecule has 2 aliphatic heterocycles. The largest absolute Gasteiger partial charge is 0.282 e. The van der Waals surface area contributed by atoms with Crippen LogP contribution in [0.1, 0.15) is 9.75 Å². The highest BCUT2D eigenvalue weighted by molar-refractivity contribution is 7.28. The van der Waals surface area contributed by atoms with E-state index in [4.69, 9.17) is 139 Å². The zero-order chi connectivity index (χ0) is 43.0. The lowest BCUT2D eigenvalue weighted by molar-refractivity contribution is -0.142. The quantitative estimate of drug-likeness (QED) is 0.124. The second kappa shape index (κ2) is 14.3. The zero-order valence-electron chi connectivity index (χ0n) is 29.5. The zero-order valence-corrected chi connectivity index (χ0v) is 41.8. The lowest BCUT2D eigenvalue weighted by Crippen LogP contribution is -2.50. The lowest BCUT2D eigenvalue weighted by Gasteiger charge is -2.34. The third-order valence-corrected chi connectivity index (χ3v) is 26.0. The number of rotatable bonds is 9. The van der Waals surface area contributed by atoms with Crippen LogP contribution in [-0.2, 0) is 32.0 Å². The molecule has 4 bridgehead atoms. The van der Waals surface area contributed by atoms with E-state index in [-0.39, 0.29) is 33.2 Å². The second-order valence-electron chi connectivity index (χ2n) is 15.2. The number of imide groups is 2. The van der Waals surface area contributed by atoms with Gasteiger partial charge in [0, 0.05) is 52.1 Å². The molecule has 4 amide bonds. The summed E-state index contributed by atoms with van der Waals surface area (Å²) in [7, 11) is 0. The Morgan fingerprint density at radius 3 is 0.900 bits per heavy atom. The van der Waals surface area contributed by atoms with Gasteiger partial charge < -0.3 is 0 Å². The van der Waals surface area contributed by atoms with Crippen LogP contribution >= 0.6 is 185 Å². The summed E-state index contributed by atoms with van der Waals surface area (Å²) in [6.07, 6.45) is 0.836. The van der Waals surface area contributed by atoms with E-state index >= 15 is 0 Å². The van der Waals surface area contributed by atoms with Crippen LogP contribution in [0, 0.1) is 23.7 Å². The van der Waals surface area contributed by atoms with Gasteiger partial charge in [0.1, 0.15) is 19.5 Å². The first kappa shape index (κ1) is 43.9. The number of thiophene rings is 4. The van der Waals surface area contributed by atoms with Crippen LogP contribution in [0.4, 0.5) is 0 Å². The summed E-state index contributed by atoms with van der Waals surface area (Å²) >= 11 is 85.9. The topological polar surface area (TPSA) is 74.8 Å². The van der Waals surface area contributed by atoms with Crippen molar-refractivity contribution in [3.05, 3.63) is 78.4 Å². The highest BCUT2D eigenvalue weighted by Gasteiger charge is 2.88. The molecule has 0 N–H and O–H groups in total. The number of likely N-dealkylation sites (tertiary alicyclic amines) is 2. The van der Waals surface area contributed by atoms with Gasteiger partial charge in [-0.3, -0.25) is 29.0 Å². The Bertz CT molecular complexity index is 2430. The average Bonchev–Trinajstić information content (AvgIpc) is 4.08. The van der Waals surface area contributed by atoms with Gasteiger partial charge in [-0.1, -0.05) is 92.8 Å². The molecule has 6 nitrogen and oxygen atoms in total. The molecule has 4 aromatic rings. The van der Waals surface area contributed by atoms with Crippen LogP contribution in [0.25, 0.3) is 29.3 Å². The molecule has 4 aromatic heterocycles. The minimum Gasteiger partial charge on any atom is -0.282 e. The minimum atomic E-state index is -1.96. The summed E-state index contributed by atoms with van der Waals surface area (Å²) in [6.45, 7) is 0.223. The summed E-state index contributed by atoms with van der Waals surface area (Å²) in [6, 6.07) is 16.3.